The number of hydrogen-bond donors (Lipinski definition) is 0. The maximum atomic E-state index is 5.25. The first kappa shape index (κ1) is 20.3. The zero-order chi connectivity index (χ0) is 22.1. The van der Waals surface area contributed by atoms with Gasteiger partial charge in [0, 0.05) is 11.5 Å². The van der Waals surface area contributed by atoms with Gasteiger partial charge in [-0.1, -0.05) is 94.1 Å². The number of benzene rings is 3. The van der Waals surface area contributed by atoms with Crippen LogP contribution < -0.4 is 5.19 Å². The fourth-order valence-corrected chi connectivity index (χ4v) is 7.04. The molecule has 1 atom stereocenters. The molecule has 0 aliphatic carbocycles. The van der Waals surface area contributed by atoms with Crippen molar-refractivity contribution < 1.29 is 0 Å². The maximum Gasteiger partial charge on any atom is 0.146 e. The van der Waals surface area contributed by atoms with Crippen molar-refractivity contribution in [2.24, 2.45) is 0 Å². The summed E-state index contributed by atoms with van der Waals surface area (Å²) in [6.45, 7) is 16.6. The first-order chi connectivity index (χ1) is 14.7. The Morgan fingerprint density at radius 2 is 1.68 bits per heavy atom. The van der Waals surface area contributed by atoms with E-state index >= 15 is 0 Å². The summed E-state index contributed by atoms with van der Waals surface area (Å²) in [6.07, 6.45) is 0. The molecule has 0 fully saturated rings. The molecule has 1 aliphatic heterocycles. The van der Waals surface area contributed by atoms with Gasteiger partial charge in [-0.3, -0.25) is 4.57 Å². The van der Waals surface area contributed by atoms with Crippen LogP contribution in [0.1, 0.15) is 54.9 Å². The van der Waals surface area contributed by atoms with E-state index < -0.39 is 8.07 Å². The summed E-state index contributed by atoms with van der Waals surface area (Å²) in [5.74, 6) is 1.89. The van der Waals surface area contributed by atoms with E-state index in [1.54, 1.807) is 5.19 Å². The molecule has 3 aromatic carbocycles. The molecule has 0 amide bonds. The van der Waals surface area contributed by atoms with Crippen molar-refractivity contribution in [2.45, 2.75) is 59.2 Å². The summed E-state index contributed by atoms with van der Waals surface area (Å²) in [6, 6.07) is 20.2. The van der Waals surface area contributed by atoms with Crippen LogP contribution in [-0.2, 0) is 0 Å². The van der Waals surface area contributed by atoms with Gasteiger partial charge in [-0.2, -0.15) is 0 Å². The van der Waals surface area contributed by atoms with Gasteiger partial charge in [-0.25, -0.2) is 4.98 Å². The molecule has 0 radical (unpaired) electrons. The van der Waals surface area contributed by atoms with Gasteiger partial charge < -0.3 is 0 Å². The van der Waals surface area contributed by atoms with Crippen molar-refractivity contribution in [3.63, 3.8) is 0 Å². The molecule has 3 heteroatoms. The fraction of sp³-hybridized carbons (Fsp3) is 0.321. The predicted molar refractivity (Wildman–Crippen MR) is 136 cm³/mol. The van der Waals surface area contributed by atoms with Gasteiger partial charge in [-0.15, -0.1) is 0 Å². The molecule has 0 N–H and O–H groups in total. The molecule has 158 valence electrons. The first-order valence-electron chi connectivity index (χ1n) is 11.4. The van der Waals surface area contributed by atoms with Crippen molar-refractivity contribution in [2.75, 3.05) is 0 Å². The Hall–Kier alpha value is -2.65. The number of aryl methyl sites for hydroxylation is 1. The summed E-state index contributed by atoms with van der Waals surface area (Å²) in [7, 11) is -1.53. The summed E-state index contributed by atoms with van der Waals surface area (Å²) >= 11 is 0. The molecular weight excluding hydrogens is 392 g/mol. The monoisotopic (exact) mass is 424 g/mol. The third-order valence-electron chi connectivity index (χ3n) is 6.90. The summed E-state index contributed by atoms with van der Waals surface area (Å²) in [5, 5.41) is 1.56. The van der Waals surface area contributed by atoms with Crippen LogP contribution in [0.25, 0.3) is 28.1 Å². The number of rotatable bonds is 3. The van der Waals surface area contributed by atoms with E-state index in [0.717, 1.165) is 11.3 Å². The van der Waals surface area contributed by atoms with Crippen LogP contribution in [0.3, 0.4) is 0 Å². The standard InChI is InChI=1S/C28H32N2Si/c1-17(2)20-13-10-14-22-19(4)25-24(31(5,6)7)16-15-23-27(25)30(26(20)22)28(29-23)21-12-9-8-11-18(21)3/h8-17,19H,1-7H3. The minimum absolute atomic E-state index is 0.369. The van der Waals surface area contributed by atoms with Gasteiger partial charge >= 0.3 is 0 Å². The van der Waals surface area contributed by atoms with Crippen molar-refractivity contribution in [3.8, 4) is 17.1 Å². The average Bonchev–Trinajstić information content (AvgIpc) is 3.10. The Kier molecular flexibility index (Phi) is 4.53. The second-order valence-electron chi connectivity index (χ2n) is 10.4. The van der Waals surface area contributed by atoms with Crippen LogP contribution in [0.15, 0.2) is 54.6 Å². The second kappa shape index (κ2) is 6.93. The minimum Gasteiger partial charge on any atom is -0.291 e. The number of para-hydroxylation sites is 1. The van der Waals surface area contributed by atoms with Gasteiger partial charge in [0.25, 0.3) is 0 Å². The molecular formula is C28H32N2Si. The van der Waals surface area contributed by atoms with Crippen molar-refractivity contribution in [3.05, 3.63) is 76.9 Å². The van der Waals surface area contributed by atoms with E-state index in [2.05, 4.69) is 107 Å². The zero-order valence-corrected chi connectivity index (χ0v) is 20.7. The Balaban J connectivity index is 2.01. The SMILES string of the molecule is Cc1ccccc1-c1nc2ccc([Si](C)(C)C)c3c2n1-c1c(C(C)C)cccc1C3C. The van der Waals surface area contributed by atoms with E-state index in [9.17, 15) is 0 Å². The highest BCUT2D eigenvalue weighted by atomic mass is 28.3. The fourth-order valence-electron chi connectivity index (χ4n) is 5.32. The lowest BCUT2D eigenvalue weighted by molar-refractivity contribution is 0.815. The van der Waals surface area contributed by atoms with Gasteiger partial charge in [0.2, 0.25) is 0 Å². The smallest absolute Gasteiger partial charge is 0.146 e. The lowest BCUT2D eigenvalue weighted by Gasteiger charge is -2.33. The number of aromatic nitrogens is 2. The lowest BCUT2D eigenvalue weighted by Crippen LogP contribution is -2.41. The predicted octanol–water partition coefficient (Wildman–Crippen LogP) is 7.13. The molecule has 0 bridgehead atoms. The second-order valence-corrected chi connectivity index (χ2v) is 15.4. The summed E-state index contributed by atoms with van der Waals surface area (Å²) in [5.41, 5.74) is 10.6. The normalized spacial score (nSPS) is 15.5. The van der Waals surface area contributed by atoms with Gasteiger partial charge in [0.05, 0.1) is 24.8 Å². The van der Waals surface area contributed by atoms with Crippen LogP contribution in [0.4, 0.5) is 0 Å². The van der Waals surface area contributed by atoms with Crippen molar-refractivity contribution in [1.29, 1.82) is 0 Å². The van der Waals surface area contributed by atoms with Crippen LogP contribution in [0, 0.1) is 6.92 Å². The van der Waals surface area contributed by atoms with Crippen LogP contribution in [0.5, 0.6) is 0 Å². The minimum atomic E-state index is -1.53. The Bertz CT molecular complexity index is 1320. The van der Waals surface area contributed by atoms with E-state index in [0.29, 0.717) is 11.8 Å². The van der Waals surface area contributed by atoms with E-state index in [1.807, 2.05) is 0 Å². The Labute approximate surface area is 187 Å². The molecule has 1 aliphatic rings. The zero-order valence-electron chi connectivity index (χ0n) is 19.7. The molecule has 5 rings (SSSR count). The van der Waals surface area contributed by atoms with Gasteiger partial charge in [0.1, 0.15) is 5.82 Å². The third kappa shape index (κ3) is 2.94. The lowest BCUT2D eigenvalue weighted by atomic mass is 9.84. The van der Waals surface area contributed by atoms with Gasteiger partial charge in [0.15, 0.2) is 0 Å². The molecule has 1 unspecified atom stereocenters. The van der Waals surface area contributed by atoms with Gasteiger partial charge in [-0.05, 0) is 41.2 Å². The highest BCUT2D eigenvalue weighted by Gasteiger charge is 2.34. The van der Waals surface area contributed by atoms with E-state index in [1.165, 1.54) is 39.0 Å². The highest BCUT2D eigenvalue weighted by molar-refractivity contribution is 6.89. The van der Waals surface area contributed by atoms with E-state index in [4.69, 9.17) is 4.98 Å². The molecule has 31 heavy (non-hydrogen) atoms. The summed E-state index contributed by atoms with van der Waals surface area (Å²) in [4.78, 5) is 5.25. The first-order valence-corrected chi connectivity index (χ1v) is 14.9. The van der Waals surface area contributed by atoms with Crippen LogP contribution in [-0.4, -0.2) is 17.6 Å². The van der Waals surface area contributed by atoms with Crippen LogP contribution in [0.2, 0.25) is 19.6 Å². The number of nitrogens with zero attached hydrogens (tertiary/aromatic N) is 2. The van der Waals surface area contributed by atoms with E-state index in [-0.39, 0.29) is 0 Å². The quantitative estimate of drug-likeness (QED) is 0.320. The molecule has 0 spiro atoms. The van der Waals surface area contributed by atoms with Crippen molar-refractivity contribution in [1.82, 2.24) is 9.55 Å². The molecule has 4 aromatic rings. The number of hydrogen-bond acceptors (Lipinski definition) is 1. The summed E-state index contributed by atoms with van der Waals surface area (Å²) < 4.78 is 2.50. The van der Waals surface area contributed by atoms with Crippen LogP contribution >= 0.6 is 0 Å². The average molecular weight is 425 g/mol. The maximum absolute atomic E-state index is 5.25. The molecule has 0 saturated carbocycles. The number of fused-ring (bicyclic) bond motifs is 2. The highest BCUT2D eigenvalue weighted by Crippen LogP contribution is 2.45. The molecule has 0 saturated heterocycles. The topological polar surface area (TPSA) is 17.8 Å². The largest absolute Gasteiger partial charge is 0.291 e. The molecule has 2 nitrogen and oxygen atoms in total. The molecule has 1 aromatic heterocycles. The number of imidazole rings is 1. The molecule has 2 heterocycles. The Morgan fingerprint density at radius 3 is 2.35 bits per heavy atom. The third-order valence-corrected chi connectivity index (χ3v) is 8.95. The van der Waals surface area contributed by atoms with Crippen molar-refractivity contribution >= 4 is 24.3 Å². The Morgan fingerprint density at radius 1 is 0.935 bits per heavy atom.